The maximum atomic E-state index is 13.2. The Balaban J connectivity index is 1.87. The first-order chi connectivity index (χ1) is 15.9. The summed E-state index contributed by atoms with van der Waals surface area (Å²) in [5.74, 6) is -0.793. The van der Waals surface area contributed by atoms with Crippen molar-refractivity contribution in [3.05, 3.63) is 76.0 Å². The number of anilines is 2. The smallest absolute Gasteiger partial charge is 0.300 e. The van der Waals surface area contributed by atoms with Gasteiger partial charge in [-0.05, 0) is 53.9 Å². The van der Waals surface area contributed by atoms with E-state index in [-0.39, 0.29) is 11.3 Å². The molecule has 0 spiro atoms. The summed E-state index contributed by atoms with van der Waals surface area (Å²) >= 11 is 1.42. The molecule has 0 aliphatic carbocycles. The van der Waals surface area contributed by atoms with Crippen molar-refractivity contribution in [3.63, 3.8) is 0 Å². The second kappa shape index (κ2) is 8.99. The number of aliphatic hydroxyl groups is 1. The quantitative estimate of drug-likeness (QED) is 0.330. The third-order valence-electron chi connectivity index (χ3n) is 5.56. The van der Waals surface area contributed by atoms with Gasteiger partial charge in [0.1, 0.15) is 11.8 Å². The van der Waals surface area contributed by atoms with Crippen LogP contribution in [0.3, 0.4) is 0 Å². The number of carbonyl (C=O) groups is 2. The average molecular weight is 465 g/mol. The Hall–Kier alpha value is -3.78. The predicted molar refractivity (Wildman–Crippen MR) is 129 cm³/mol. The fourth-order valence-electron chi connectivity index (χ4n) is 3.87. The zero-order chi connectivity index (χ0) is 23.7. The summed E-state index contributed by atoms with van der Waals surface area (Å²) in [6.45, 7) is 0. The standard InChI is InChI=1S/C25H24N2O5S/c1-26(2)16-8-10-17(11-9-16)27-22(20-6-5-13-33-20)21(24(29)25(27)30)23(28)15-7-12-18(31-3)19(14-15)32-4/h5-14,22,28H,1-4H3/b23-21-. The van der Waals surface area contributed by atoms with Crippen molar-refractivity contribution in [1.82, 2.24) is 0 Å². The van der Waals surface area contributed by atoms with Crippen molar-refractivity contribution in [2.24, 2.45) is 0 Å². The lowest BCUT2D eigenvalue weighted by molar-refractivity contribution is -0.132. The molecule has 170 valence electrons. The van der Waals surface area contributed by atoms with Gasteiger partial charge in [0.15, 0.2) is 11.5 Å². The number of hydrogen-bond donors (Lipinski definition) is 1. The summed E-state index contributed by atoms with van der Waals surface area (Å²) < 4.78 is 10.6. The molecular weight excluding hydrogens is 440 g/mol. The second-order valence-corrected chi connectivity index (χ2v) is 8.64. The van der Waals surface area contributed by atoms with Crippen LogP contribution in [-0.4, -0.2) is 45.1 Å². The topological polar surface area (TPSA) is 79.3 Å². The highest BCUT2D eigenvalue weighted by Crippen LogP contribution is 2.44. The molecule has 1 fully saturated rings. The van der Waals surface area contributed by atoms with Gasteiger partial charge in [-0.25, -0.2) is 0 Å². The van der Waals surface area contributed by atoms with Gasteiger partial charge in [-0.2, -0.15) is 0 Å². The van der Waals surface area contributed by atoms with Gasteiger partial charge < -0.3 is 19.5 Å². The van der Waals surface area contributed by atoms with E-state index in [1.54, 1.807) is 30.3 Å². The van der Waals surface area contributed by atoms with Crippen LogP contribution in [0.25, 0.3) is 5.76 Å². The van der Waals surface area contributed by atoms with E-state index in [4.69, 9.17) is 9.47 Å². The summed E-state index contributed by atoms with van der Waals surface area (Å²) in [5.41, 5.74) is 1.93. The Morgan fingerprint density at radius 3 is 2.27 bits per heavy atom. The summed E-state index contributed by atoms with van der Waals surface area (Å²) in [4.78, 5) is 30.5. The van der Waals surface area contributed by atoms with E-state index >= 15 is 0 Å². The number of thiophene rings is 1. The SMILES string of the molecule is COc1ccc(/C(O)=C2/C(=O)C(=O)N(c3ccc(N(C)C)cc3)C2c2cccs2)cc1OC. The number of benzene rings is 2. The number of rotatable bonds is 6. The van der Waals surface area contributed by atoms with Crippen LogP contribution in [-0.2, 0) is 9.59 Å². The molecule has 1 aliphatic heterocycles. The number of ketones is 1. The van der Waals surface area contributed by atoms with E-state index in [0.717, 1.165) is 10.6 Å². The highest BCUT2D eigenvalue weighted by molar-refractivity contribution is 7.10. The van der Waals surface area contributed by atoms with Crippen LogP contribution in [0.2, 0.25) is 0 Å². The molecule has 1 atom stereocenters. The number of methoxy groups -OCH3 is 2. The monoisotopic (exact) mass is 464 g/mol. The van der Waals surface area contributed by atoms with Gasteiger partial charge in [-0.3, -0.25) is 14.5 Å². The first-order valence-electron chi connectivity index (χ1n) is 10.2. The molecule has 1 unspecified atom stereocenters. The second-order valence-electron chi connectivity index (χ2n) is 7.67. The molecule has 0 radical (unpaired) electrons. The molecule has 1 saturated heterocycles. The van der Waals surface area contributed by atoms with Gasteiger partial charge in [0.2, 0.25) is 0 Å². The minimum atomic E-state index is -0.747. The largest absolute Gasteiger partial charge is 0.507 e. The van der Waals surface area contributed by atoms with Crippen LogP contribution in [0.4, 0.5) is 11.4 Å². The van der Waals surface area contributed by atoms with Gasteiger partial charge in [-0.1, -0.05) is 6.07 Å². The van der Waals surface area contributed by atoms with E-state index < -0.39 is 17.7 Å². The molecule has 33 heavy (non-hydrogen) atoms. The van der Waals surface area contributed by atoms with Crippen LogP contribution >= 0.6 is 11.3 Å². The molecule has 1 aliphatic rings. The highest BCUT2D eigenvalue weighted by atomic mass is 32.1. The van der Waals surface area contributed by atoms with Crippen molar-refractivity contribution >= 4 is 40.2 Å². The molecule has 3 aromatic rings. The molecule has 1 amide bonds. The number of Topliss-reactive ketones (excluding diaryl/α,β-unsaturated/α-hetero) is 1. The fourth-order valence-corrected chi connectivity index (χ4v) is 4.69. The van der Waals surface area contributed by atoms with E-state index in [1.165, 1.54) is 30.5 Å². The first-order valence-corrected chi connectivity index (χ1v) is 11.1. The van der Waals surface area contributed by atoms with E-state index in [1.807, 2.05) is 48.6 Å². The molecule has 2 aromatic carbocycles. The van der Waals surface area contributed by atoms with Crippen LogP contribution in [0.5, 0.6) is 11.5 Å². The Morgan fingerprint density at radius 2 is 1.70 bits per heavy atom. The maximum absolute atomic E-state index is 13.2. The zero-order valence-corrected chi connectivity index (χ0v) is 19.6. The third-order valence-corrected chi connectivity index (χ3v) is 6.48. The van der Waals surface area contributed by atoms with Crippen LogP contribution in [0.15, 0.2) is 65.6 Å². The minimum Gasteiger partial charge on any atom is -0.507 e. The molecule has 1 N–H and O–H groups in total. The molecule has 2 heterocycles. The Morgan fingerprint density at radius 1 is 1.00 bits per heavy atom. The van der Waals surface area contributed by atoms with Crippen LogP contribution < -0.4 is 19.3 Å². The van der Waals surface area contributed by atoms with Crippen molar-refractivity contribution in [3.8, 4) is 11.5 Å². The Kier molecular flexibility index (Phi) is 6.11. The molecule has 4 rings (SSSR count). The number of carbonyl (C=O) groups excluding carboxylic acids is 2. The van der Waals surface area contributed by atoms with Gasteiger partial charge in [0.05, 0.1) is 19.8 Å². The summed E-state index contributed by atoms with van der Waals surface area (Å²) in [6.07, 6.45) is 0. The minimum absolute atomic E-state index is 0.0337. The summed E-state index contributed by atoms with van der Waals surface area (Å²) in [7, 11) is 6.86. The Bertz CT molecular complexity index is 1220. The van der Waals surface area contributed by atoms with E-state index in [0.29, 0.717) is 22.7 Å². The lowest BCUT2D eigenvalue weighted by Gasteiger charge is -2.25. The number of ether oxygens (including phenoxy) is 2. The molecule has 8 heteroatoms. The van der Waals surface area contributed by atoms with Gasteiger partial charge in [-0.15, -0.1) is 11.3 Å². The fraction of sp³-hybridized carbons (Fsp3) is 0.200. The van der Waals surface area contributed by atoms with Gasteiger partial charge in [0.25, 0.3) is 11.7 Å². The maximum Gasteiger partial charge on any atom is 0.300 e. The van der Waals surface area contributed by atoms with Gasteiger partial charge in [0, 0.05) is 35.9 Å². The number of hydrogen-bond acceptors (Lipinski definition) is 7. The first kappa shape index (κ1) is 22.4. The van der Waals surface area contributed by atoms with Crippen LogP contribution in [0, 0.1) is 0 Å². The van der Waals surface area contributed by atoms with Crippen molar-refractivity contribution in [2.75, 3.05) is 38.1 Å². The molecule has 7 nitrogen and oxygen atoms in total. The average Bonchev–Trinajstić information content (AvgIpc) is 3.45. The van der Waals surface area contributed by atoms with Crippen molar-refractivity contribution in [2.45, 2.75) is 6.04 Å². The molecule has 0 bridgehead atoms. The third kappa shape index (κ3) is 3.93. The van der Waals surface area contributed by atoms with Crippen molar-refractivity contribution in [1.29, 1.82) is 0 Å². The summed E-state index contributed by atoms with van der Waals surface area (Å²) in [6, 6.07) is 15.2. The lowest BCUT2D eigenvalue weighted by Crippen LogP contribution is -2.29. The molecule has 0 saturated carbocycles. The molecule has 1 aromatic heterocycles. The predicted octanol–water partition coefficient (Wildman–Crippen LogP) is 4.46. The highest BCUT2D eigenvalue weighted by Gasteiger charge is 2.47. The van der Waals surface area contributed by atoms with E-state index in [9.17, 15) is 14.7 Å². The normalized spacial score (nSPS) is 17.3. The van der Waals surface area contributed by atoms with Gasteiger partial charge >= 0.3 is 0 Å². The Labute approximate surface area is 196 Å². The van der Waals surface area contributed by atoms with E-state index in [2.05, 4.69) is 0 Å². The molecular formula is C25H24N2O5S. The van der Waals surface area contributed by atoms with Crippen molar-refractivity contribution < 1.29 is 24.2 Å². The van der Waals surface area contributed by atoms with Crippen LogP contribution in [0.1, 0.15) is 16.5 Å². The number of amides is 1. The number of nitrogens with zero attached hydrogens (tertiary/aromatic N) is 2. The number of aliphatic hydroxyl groups excluding tert-OH is 1. The lowest BCUT2D eigenvalue weighted by atomic mass is 9.99. The summed E-state index contributed by atoms with van der Waals surface area (Å²) in [5, 5.41) is 13.1. The zero-order valence-electron chi connectivity index (χ0n) is 18.7.